The molecule has 0 aliphatic carbocycles. The molecule has 4 rings (SSSR count). The second-order valence-electron chi connectivity index (χ2n) is 9.02. The zero-order chi connectivity index (χ0) is 20.8. The fourth-order valence-electron chi connectivity index (χ4n) is 5.31. The van der Waals surface area contributed by atoms with Gasteiger partial charge in [0, 0.05) is 37.2 Å². The van der Waals surface area contributed by atoms with E-state index in [1.807, 2.05) is 12.1 Å². The lowest BCUT2D eigenvalue weighted by molar-refractivity contribution is -0.136. The van der Waals surface area contributed by atoms with E-state index < -0.39 is 0 Å². The van der Waals surface area contributed by atoms with Gasteiger partial charge in [0.1, 0.15) is 5.75 Å². The van der Waals surface area contributed by atoms with Gasteiger partial charge in [0.2, 0.25) is 5.91 Å². The number of benzene rings is 1. The Labute approximate surface area is 181 Å². The van der Waals surface area contributed by atoms with Crippen LogP contribution in [0.4, 0.5) is 0 Å². The first kappa shape index (κ1) is 21.4. The van der Waals surface area contributed by atoms with Crippen LogP contribution in [0.25, 0.3) is 6.08 Å². The molecular weight excluding hydrogens is 374 g/mol. The number of likely N-dealkylation sites (tertiary alicyclic amines) is 3. The Kier molecular flexibility index (Phi) is 7.45. The number of hydrogen-bond donors (Lipinski definition) is 0. The van der Waals surface area contributed by atoms with E-state index in [-0.39, 0.29) is 5.92 Å². The Morgan fingerprint density at radius 1 is 1.00 bits per heavy atom. The minimum atomic E-state index is 0.277. The van der Waals surface area contributed by atoms with E-state index in [1.165, 1.54) is 25.7 Å². The summed E-state index contributed by atoms with van der Waals surface area (Å²) in [5, 5.41) is 0. The summed E-state index contributed by atoms with van der Waals surface area (Å²) in [6, 6.07) is 8.86. The molecule has 0 spiro atoms. The summed E-state index contributed by atoms with van der Waals surface area (Å²) in [7, 11) is 1.72. The van der Waals surface area contributed by atoms with Crippen molar-refractivity contribution in [2.75, 3.05) is 52.9 Å². The van der Waals surface area contributed by atoms with Gasteiger partial charge in [0.25, 0.3) is 0 Å². The zero-order valence-corrected chi connectivity index (χ0v) is 18.5. The molecule has 0 bridgehead atoms. The first-order valence-electron chi connectivity index (χ1n) is 11.8. The van der Waals surface area contributed by atoms with Crippen molar-refractivity contribution in [1.82, 2.24) is 14.7 Å². The molecule has 164 valence electrons. The maximum absolute atomic E-state index is 12.7. The predicted molar refractivity (Wildman–Crippen MR) is 122 cm³/mol. The molecule has 5 nitrogen and oxygen atoms in total. The van der Waals surface area contributed by atoms with Crippen molar-refractivity contribution in [3.63, 3.8) is 0 Å². The summed E-state index contributed by atoms with van der Waals surface area (Å²) in [4.78, 5) is 20.0. The van der Waals surface area contributed by atoms with Crippen LogP contribution >= 0.6 is 0 Å². The Bertz CT molecular complexity index is 713. The van der Waals surface area contributed by atoms with E-state index in [9.17, 15) is 4.79 Å². The third kappa shape index (κ3) is 5.25. The highest BCUT2D eigenvalue weighted by molar-refractivity contribution is 5.79. The molecule has 30 heavy (non-hydrogen) atoms. The van der Waals surface area contributed by atoms with Crippen molar-refractivity contribution < 1.29 is 9.53 Å². The van der Waals surface area contributed by atoms with Gasteiger partial charge in [-0.15, -0.1) is 0 Å². The highest BCUT2D eigenvalue weighted by Crippen LogP contribution is 2.26. The van der Waals surface area contributed by atoms with Gasteiger partial charge in [0.15, 0.2) is 0 Å². The van der Waals surface area contributed by atoms with Crippen LogP contribution in [-0.4, -0.2) is 79.6 Å². The molecule has 0 radical (unpaired) electrons. The van der Waals surface area contributed by atoms with Crippen molar-refractivity contribution in [3.05, 3.63) is 35.9 Å². The lowest BCUT2D eigenvalue weighted by Gasteiger charge is -2.41. The van der Waals surface area contributed by atoms with E-state index in [0.717, 1.165) is 70.0 Å². The number of nitrogens with zero attached hydrogens (tertiary/aromatic N) is 3. The third-order valence-corrected chi connectivity index (χ3v) is 7.17. The number of methoxy groups -OCH3 is 1. The van der Waals surface area contributed by atoms with E-state index in [1.54, 1.807) is 7.11 Å². The maximum atomic E-state index is 12.7. The first-order chi connectivity index (χ1) is 14.7. The van der Waals surface area contributed by atoms with E-state index in [4.69, 9.17) is 4.74 Å². The molecule has 1 aromatic rings. The molecule has 1 amide bonds. The molecule has 3 fully saturated rings. The van der Waals surface area contributed by atoms with Crippen LogP contribution in [0, 0.1) is 5.92 Å². The number of hydrogen-bond acceptors (Lipinski definition) is 4. The maximum Gasteiger partial charge on any atom is 0.225 e. The molecule has 5 heteroatoms. The average molecular weight is 412 g/mol. The van der Waals surface area contributed by atoms with Crippen molar-refractivity contribution in [3.8, 4) is 5.75 Å². The fourth-order valence-corrected chi connectivity index (χ4v) is 5.31. The van der Waals surface area contributed by atoms with Crippen LogP contribution in [0.5, 0.6) is 5.75 Å². The number of rotatable bonds is 6. The lowest BCUT2D eigenvalue weighted by atomic mass is 9.92. The zero-order valence-electron chi connectivity index (χ0n) is 18.5. The van der Waals surface area contributed by atoms with Gasteiger partial charge in [-0.05, 0) is 70.8 Å². The van der Waals surface area contributed by atoms with Crippen LogP contribution in [0.2, 0.25) is 0 Å². The molecule has 0 atom stereocenters. The largest absolute Gasteiger partial charge is 0.496 e. The normalized spacial score (nSPS) is 22.8. The minimum absolute atomic E-state index is 0.277. The predicted octanol–water partition coefficient (Wildman–Crippen LogP) is 3.51. The van der Waals surface area contributed by atoms with Crippen LogP contribution in [-0.2, 0) is 4.79 Å². The monoisotopic (exact) mass is 411 g/mol. The van der Waals surface area contributed by atoms with Crippen LogP contribution in [0.3, 0.4) is 0 Å². The van der Waals surface area contributed by atoms with Gasteiger partial charge >= 0.3 is 0 Å². The topological polar surface area (TPSA) is 36.0 Å². The van der Waals surface area contributed by atoms with E-state index >= 15 is 0 Å². The van der Waals surface area contributed by atoms with Gasteiger partial charge in [-0.2, -0.15) is 0 Å². The van der Waals surface area contributed by atoms with Crippen molar-refractivity contribution in [2.24, 2.45) is 5.92 Å². The van der Waals surface area contributed by atoms with Gasteiger partial charge in [-0.1, -0.05) is 30.4 Å². The van der Waals surface area contributed by atoms with Crippen LogP contribution in [0.1, 0.15) is 44.1 Å². The van der Waals surface area contributed by atoms with Gasteiger partial charge in [-0.25, -0.2) is 0 Å². The van der Waals surface area contributed by atoms with Crippen molar-refractivity contribution in [1.29, 1.82) is 0 Å². The molecule has 1 aromatic carbocycles. The average Bonchev–Trinajstić information content (AvgIpc) is 3.35. The van der Waals surface area contributed by atoms with Crippen molar-refractivity contribution in [2.45, 2.75) is 44.6 Å². The second-order valence-corrected chi connectivity index (χ2v) is 9.02. The third-order valence-electron chi connectivity index (χ3n) is 7.17. The highest BCUT2D eigenvalue weighted by atomic mass is 16.5. The molecule has 3 aliphatic rings. The van der Waals surface area contributed by atoms with Crippen LogP contribution in [0.15, 0.2) is 30.3 Å². The van der Waals surface area contributed by atoms with Gasteiger partial charge in [0.05, 0.1) is 7.11 Å². The Hall–Kier alpha value is -1.85. The molecule has 0 saturated carbocycles. The van der Waals surface area contributed by atoms with E-state index in [2.05, 4.69) is 39.0 Å². The Balaban J connectivity index is 1.18. The molecule has 0 unspecified atom stereocenters. The highest BCUT2D eigenvalue weighted by Gasteiger charge is 2.32. The number of amides is 1. The quantitative estimate of drug-likeness (QED) is 0.718. The number of para-hydroxylation sites is 1. The molecular formula is C25H37N3O2. The molecule has 0 N–H and O–H groups in total. The summed E-state index contributed by atoms with van der Waals surface area (Å²) >= 11 is 0. The molecule has 0 aromatic heterocycles. The number of carbonyl (C=O) groups excluding carboxylic acids is 1. The standard InChI is InChI=1S/C25H37N3O2/c1-30-24-9-3-2-7-21(24)8-6-14-26-17-12-23(13-18-26)27-19-10-22(11-20-27)25(29)28-15-4-5-16-28/h2-3,6-9,22-23H,4-5,10-20H2,1H3/b8-6+. The number of ether oxygens (including phenoxy) is 1. The first-order valence-corrected chi connectivity index (χ1v) is 11.8. The SMILES string of the molecule is COc1ccccc1/C=C/CN1CCC(N2CCC(C(=O)N3CCCC3)CC2)CC1. The molecule has 3 heterocycles. The van der Waals surface area contributed by atoms with Gasteiger partial charge < -0.3 is 14.5 Å². The minimum Gasteiger partial charge on any atom is -0.496 e. The van der Waals surface area contributed by atoms with Gasteiger partial charge in [-0.3, -0.25) is 9.69 Å². The lowest BCUT2D eigenvalue weighted by Crippen LogP contribution is -2.49. The smallest absolute Gasteiger partial charge is 0.225 e. The van der Waals surface area contributed by atoms with Crippen LogP contribution < -0.4 is 4.74 Å². The summed E-state index contributed by atoms with van der Waals surface area (Å²) in [6.07, 6.45) is 11.4. The molecule has 3 saturated heterocycles. The summed E-state index contributed by atoms with van der Waals surface area (Å²) in [5.41, 5.74) is 1.14. The summed E-state index contributed by atoms with van der Waals surface area (Å²) in [5.74, 6) is 1.64. The fraction of sp³-hybridized carbons (Fsp3) is 0.640. The molecule has 3 aliphatic heterocycles. The number of carbonyl (C=O) groups is 1. The second kappa shape index (κ2) is 10.5. The Morgan fingerprint density at radius 2 is 1.70 bits per heavy atom. The summed E-state index contributed by atoms with van der Waals surface area (Å²) in [6.45, 7) is 7.50. The number of piperidine rings is 2. The van der Waals surface area contributed by atoms with E-state index in [0.29, 0.717) is 11.9 Å². The van der Waals surface area contributed by atoms with Crippen molar-refractivity contribution >= 4 is 12.0 Å². The summed E-state index contributed by atoms with van der Waals surface area (Å²) < 4.78 is 5.43. The Morgan fingerprint density at radius 3 is 2.40 bits per heavy atom.